The molecule has 1 heterocycles. The lowest BCUT2D eigenvalue weighted by Crippen LogP contribution is -2.40. The van der Waals surface area contributed by atoms with Crippen LogP contribution >= 0.6 is 0 Å². The first-order valence-electron chi connectivity index (χ1n) is 5.06. The Morgan fingerprint density at radius 3 is 3.00 bits per heavy atom. The van der Waals surface area contributed by atoms with Crippen LogP contribution in [0.4, 0.5) is 0 Å². The highest BCUT2D eigenvalue weighted by molar-refractivity contribution is 5.71. The van der Waals surface area contributed by atoms with E-state index >= 15 is 0 Å². The Bertz CT molecular complexity index is 231. The lowest BCUT2D eigenvalue weighted by atomic mass is 9.90. The summed E-state index contributed by atoms with van der Waals surface area (Å²) in [5.74, 6) is -0.285. The number of allylic oxidation sites excluding steroid dienone is 2. The van der Waals surface area contributed by atoms with Crippen LogP contribution < -0.4 is 0 Å². The molecular formula is C11H18O3. The highest BCUT2D eigenvalue weighted by atomic mass is 16.5. The van der Waals surface area contributed by atoms with Gasteiger partial charge in [-0.25, -0.2) is 0 Å². The standard InChI is InChI=1S/C11H18O3/c1-3-4-5-6-9-7-11(2,13)8-10(12)14-9/h3-4,9,13H,5-8H2,1-2H3/b4-3+/t9-,11+/m0/s1. The van der Waals surface area contributed by atoms with Crippen LogP contribution in [-0.2, 0) is 9.53 Å². The average molecular weight is 198 g/mol. The van der Waals surface area contributed by atoms with E-state index in [0.717, 1.165) is 12.8 Å². The molecule has 0 saturated carbocycles. The van der Waals surface area contributed by atoms with E-state index in [4.69, 9.17) is 4.74 Å². The largest absolute Gasteiger partial charge is 0.462 e. The zero-order valence-corrected chi connectivity index (χ0v) is 8.82. The summed E-state index contributed by atoms with van der Waals surface area (Å²) < 4.78 is 5.14. The fourth-order valence-electron chi connectivity index (χ4n) is 1.75. The molecule has 0 amide bonds. The molecule has 2 atom stereocenters. The highest BCUT2D eigenvalue weighted by Gasteiger charge is 2.35. The molecule has 3 nitrogen and oxygen atoms in total. The molecule has 0 aliphatic carbocycles. The molecule has 0 radical (unpaired) electrons. The molecule has 0 aromatic heterocycles. The SMILES string of the molecule is C/C=C/CC[C@H]1C[C@@](C)(O)CC(=O)O1. The molecule has 3 heteroatoms. The summed E-state index contributed by atoms with van der Waals surface area (Å²) in [5.41, 5.74) is -0.879. The number of rotatable bonds is 3. The third kappa shape index (κ3) is 3.50. The van der Waals surface area contributed by atoms with Gasteiger partial charge in [0.05, 0.1) is 12.0 Å². The molecule has 0 spiro atoms. The van der Waals surface area contributed by atoms with Gasteiger partial charge in [-0.3, -0.25) is 4.79 Å². The molecule has 1 aliphatic rings. The van der Waals surface area contributed by atoms with Gasteiger partial charge in [0.15, 0.2) is 0 Å². The van der Waals surface area contributed by atoms with Gasteiger partial charge in [-0.2, -0.15) is 0 Å². The number of esters is 1. The predicted octanol–water partition coefficient (Wildman–Crippen LogP) is 1.80. The topological polar surface area (TPSA) is 46.5 Å². The molecule has 0 aromatic carbocycles. The van der Waals surface area contributed by atoms with Crippen molar-refractivity contribution in [1.29, 1.82) is 0 Å². The Hall–Kier alpha value is -0.830. The first kappa shape index (κ1) is 11.2. The molecule has 0 unspecified atom stereocenters. The van der Waals surface area contributed by atoms with Gasteiger partial charge in [-0.15, -0.1) is 0 Å². The van der Waals surface area contributed by atoms with Gasteiger partial charge in [0.25, 0.3) is 0 Å². The van der Waals surface area contributed by atoms with Crippen LogP contribution in [0.3, 0.4) is 0 Å². The second-order valence-electron chi connectivity index (χ2n) is 4.14. The molecule has 80 valence electrons. The lowest BCUT2D eigenvalue weighted by Gasteiger charge is -2.32. The minimum absolute atomic E-state index is 0.118. The van der Waals surface area contributed by atoms with Crippen molar-refractivity contribution in [3.05, 3.63) is 12.2 Å². The van der Waals surface area contributed by atoms with Crippen molar-refractivity contribution < 1.29 is 14.6 Å². The summed E-state index contributed by atoms with van der Waals surface area (Å²) in [6.45, 7) is 3.65. The van der Waals surface area contributed by atoms with Gasteiger partial charge in [-0.05, 0) is 26.7 Å². The Morgan fingerprint density at radius 1 is 1.71 bits per heavy atom. The quantitative estimate of drug-likeness (QED) is 0.555. The van der Waals surface area contributed by atoms with Crippen LogP contribution in [0.2, 0.25) is 0 Å². The molecule has 1 aliphatic heterocycles. The Kier molecular flexibility index (Phi) is 3.69. The first-order chi connectivity index (χ1) is 6.53. The van der Waals surface area contributed by atoms with Crippen molar-refractivity contribution >= 4 is 5.97 Å². The summed E-state index contributed by atoms with van der Waals surface area (Å²) in [7, 11) is 0. The minimum Gasteiger partial charge on any atom is -0.462 e. The molecule has 1 N–H and O–H groups in total. The van der Waals surface area contributed by atoms with Crippen LogP contribution in [0.5, 0.6) is 0 Å². The third-order valence-electron chi connectivity index (χ3n) is 2.38. The summed E-state index contributed by atoms with van der Waals surface area (Å²) in [6, 6.07) is 0. The lowest BCUT2D eigenvalue weighted by molar-refractivity contribution is -0.168. The van der Waals surface area contributed by atoms with Gasteiger partial charge >= 0.3 is 5.97 Å². The molecule has 1 rings (SSSR count). The van der Waals surface area contributed by atoms with Crippen LogP contribution in [0.15, 0.2) is 12.2 Å². The van der Waals surface area contributed by atoms with Crippen LogP contribution in [0.1, 0.15) is 39.5 Å². The van der Waals surface area contributed by atoms with Crippen LogP contribution in [0.25, 0.3) is 0 Å². The summed E-state index contributed by atoms with van der Waals surface area (Å²) in [6.07, 6.45) is 6.25. The number of ether oxygens (including phenoxy) is 1. The zero-order chi connectivity index (χ0) is 10.6. The zero-order valence-electron chi connectivity index (χ0n) is 8.82. The van der Waals surface area contributed by atoms with Crippen molar-refractivity contribution in [2.24, 2.45) is 0 Å². The van der Waals surface area contributed by atoms with Gasteiger partial charge in [0.2, 0.25) is 0 Å². The second kappa shape index (κ2) is 4.60. The molecule has 1 saturated heterocycles. The van der Waals surface area contributed by atoms with Crippen molar-refractivity contribution in [2.75, 3.05) is 0 Å². The van der Waals surface area contributed by atoms with E-state index in [9.17, 15) is 9.90 Å². The number of hydrogen-bond donors (Lipinski definition) is 1. The summed E-state index contributed by atoms with van der Waals surface area (Å²) in [5, 5.41) is 9.75. The van der Waals surface area contributed by atoms with E-state index in [-0.39, 0.29) is 18.5 Å². The van der Waals surface area contributed by atoms with E-state index in [1.807, 2.05) is 19.1 Å². The van der Waals surface area contributed by atoms with E-state index in [1.165, 1.54) is 0 Å². The van der Waals surface area contributed by atoms with E-state index in [0.29, 0.717) is 6.42 Å². The molecule has 0 aromatic rings. The molecular weight excluding hydrogens is 180 g/mol. The summed E-state index contributed by atoms with van der Waals surface area (Å²) in [4.78, 5) is 11.1. The van der Waals surface area contributed by atoms with Crippen molar-refractivity contribution in [3.8, 4) is 0 Å². The summed E-state index contributed by atoms with van der Waals surface area (Å²) >= 11 is 0. The Balaban J connectivity index is 2.42. The first-order valence-corrected chi connectivity index (χ1v) is 5.06. The number of cyclic esters (lactones) is 1. The maximum atomic E-state index is 11.1. The van der Waals surface area contributed by atoms with Crippen LogP contribution in [-0.4, -0.2) is 22.8 Å². The predicted molar refractivity (Wildman–Crippen MR) is 53.8 cm³/mol. The maximum Gasteiger partial charge on any atom is 0.308 e. The van der Waals surface area contributed by atoms with Gasteiger partial charge in [-0.1, -0.05) is 12.2 Å². The van der Waals surface area contributed by atoms with Crippen LogP contribution in [0, 0.1) is 0 Å². The molecule has 1 fully saturated rings. The normalized spacial score (nSPS) is 33.4. The Labute approximate surface area is 84.8 Å². The fourth-order valence-corrected chi connectivity index (χ4v) is 1.75. The van der Waals surface area contributed by atoms with Gasteiger partial charge in [0, 0.05) is 6.42 Å². The molecule has 0 bridgehead atoms. The number of hydrogen-bond acceptors (Lipinski definition) is 3. The van der Waals surface area contributed by atoms with Crippen molar-refractivity contribution in [1.82, 2.24) is 0 Å². The monoisotopic (exact) mass is 198 g/mol. The van der Waals surface area contributed by atoms with Gasteiger partial charge < -0.3 is 9.84 Å². The van der Waals surface area contributed by atoms with E-state index in [2.05, 4.69) is 0 Å². The van der Waals surface area contributed by atoms with Gasteiger partial charge in [0.1, 0.15) is 6.10 Å². The van der Waals surface area contributed by atoms with Crippen molar-refractivity contribution in [3.63, 3.8) is 0 Å². The average Bonchev–Trinajstić information content (AvgIpc) is 2.00. The van der Waals surface area contributed by atoms with Crippen molar-refractivity contribution in [2.45, 2.75) is 51.2 Å². The Morgan fingerprint density at radius 2 is 2.43 bits per heavy atom. The van der Waals surface area contributed by atoms with E-state index in [1.54, 1.807) is 6.92 Å². The fraction of sp³-hybridized carbons (Fsp3) is 0.727. The number of aliphatic hydroxyl groups is 1. The molecule has 14 heavy (non-hydrogen) atoms. The van der Waals surface area contributed by atoms with E-state index < -0.39 is 5.60 Å². The minimum atomic E-state index is -0.879. The number of carbonyl (C=O) groups excluding carboxylic acids is 1. The maximum absolute atomic E-state index is 11.1. The second-order valence-corrected chi connectivity index (χ2v) is 4.14. The number of carbonyl (C=O) groups is 1. The third-order valence-corrected chi connectivity index (χ3v) is 2.38. The smallest absolute Gasteiger partial charge is 0.308 e. The highest BCUT2D eigenvalue weighted by Crippen LogP contribution is 2.27.